The molecule has 1 rings (SSSR count). The number of aromatic nitrogens is 2. The fraction of sp³-hybridized carbons (Fsp3) is 0.400. The van der Waals surface area contributed by atoms with Gasteiger partial charge in [0, 0.05) is 31.5 Å². The zero-order chi connectivity index (χ0) is 13.5. The molecule has 1 aromatic heterocycles. The zero-order valence-electron chi connectivity index (χ0n) is 9.88. The lowest BCUT2D eigenvalue weighted by molar-refractivity contribution is -0.141. The highest BCUT2D eigenvalue weighted by molar-refractivity contribution is 5.83. The van der Waals surface area contributed by atoms with Crippen LogP contribution in [0.15, 0.2) is 12.4 Å². The Kier molecular flexibility index (Phi) is 5.00. The normalized spacial score (nSPS) is 11.8. The van der Waals surface area contributed by atoms with E-state index in [-0.39, 0.29) is 13.0 Å². The number of carboxylic acids is 1. The van der Waals surface area contributed by atoms with E-state index in [1.165, 1.54) is 0 Å². The number of amides is 1. The van der Waals surface area contributed by atoms with Gasteiger partial charge in [0.15, 0.2) is 0 Å². The van der Waals surface area contributed by atoms with Gasteiger partial charge in [0.1, 0.15) is 6.04 Å². The molecule has 18 heavy (non-hydrogen) atoms. The predicted molar refractivity (Wildman–Crippen MR) is 63.7 cm³/mol. The van der Waals surface area contributed by atoms with Crippen LogP contribution >= 0.6 is 0 Å². The zero-order valence-corrected chi connectivity index (χ0v) is 9.88. The van der Waals surface area contributed by atoms with Gasteiger partial charge in [-0.15, -0.1) is 0 Å². The molecule has 1 unspecified atom stereocenters. The quantitative estimate of drug-likeness (QED) is 0.487. The second-order valence-corrected chi connectivity index (χ2v) is 3.61. The largest absolute Gasteiger partial charge is 0.480 e. The molecule has 0 saturated heterocycles. The van der Waals surface area contributed by atoms with Gasteiger partial charge in [0.05, 0.1) is 6.42 Å². The summed E-state index contributed by atoms with van der Waals surface area (Å²) in [5.41, 5.74) is 5.68. The Hall–Kier alpha value is -2.22. The molecule has 0 radical (unpaired) electrons. The molecule has 0 bridgehead atoms. The summed E-state index contributed by atoms with van der Waals surface area (Å²) < 4.78 is 0. The maximum Gasteiger partial charge on any atom is 0.321 e. The van der Waals surface area contributed by atoms with Crippen molar-refractivity contribution in [1.82, 2.24) is 15.3 Å². The fourth-order valence-electron chi connectivity index (χ4n) is 1.26. The first-order valence-corrected chi connectivity index (χ1v) is 5.26. The van der Waals surface area contributed by atoms with E-state index in [0.29, 0.717) is 11.5 Å². The van der Waals surface area contributed by atoms with E-state index < -0.39 is 17.9 Å². The number of hydrogen-bond acceptors (Lipinski definition) is 6. The second kappa shape index (κ2) is 6.50. The van der Waals surface area contributed by atoms with Crippen molar-refractivity contribution in [3.05, 3.63) is 18.0 Å². The fourth-order valence-corrected chi connectivity index (χ4v) is 1.26. The van der Waals surface area contributed by atoms with Crippen molar-refractivity contribution in [3.8, 4) is 0 Å². The maximum absolute atomic E-state index is 10.8. The molecule has 1 aromatic rings. The molecule has 0 aliphatic heterocycles. The summed E-state index contributed by atoms with van der Waals surface area (Å²) in [7, 11) is 1.70. The van der Waals surface area contributed by atoms with E-state index in [1.54, 1.807) is 19.4 Å². The van der Waals surface area contributed by atoms with E-state index >= 15 is 0 Å². The van der Waals surface area contributed by atoms with Gasteiger partial charge in [0.25, 0.3) is 0 Å². The Morgan fingerprint density at radius 3 is 2.50 bits per heavy atom. The van der Waals surface area contributed by atoms with Crippen molar-refractivity contribution < 1.29 is 14.7 Å². The average Bonchev–Trinajstić information content (AvgIpc) is 2.34. The molecule has 1 atom stereocenters. The Morgan fingerprint density at radius 2 is 2.06 bits per heavy atom. The SMILES string of the molecule is CNc1ncc(CNC(CC(N)=O)C(=O)O)cn1. The molecule has 1 amide bonds. The first-order chi connectivity index (χ1) is 8.52. The first-order valence-electron chi connectivity index (χ1n) is 5.26. The lowest BCUT2D eigenvalue weighted by Crippen LogP contribution is -2.39. The molecular weight excluding hydrogens is 238 g/mol. The van der Waals surface area contributed by atoms with Crippen molar-refractivity contribution in [2.24, 2.45) is 5.73 Å². The van der Waals surface area contributed by atoms with Crippen LogP contribution in [-0.2, 0) is 16.1 Å². The number of aliphatic carboxylic acids is 1. The Balaban J connectivity index is 2.55. The highest BCUT2D eigenvalue weighted by atomic mass is 16.4. The second-order valence-electron chi connectivity index (χ2n) is 3.61. The Bertz CT molecular complexity index is 420. The van der Waals surface area contributed by atoms with Gasteiger partial charge in [0.2, 0.25) is 11.9 Å². The van der Waals surface area contributed by atoms with Crippen LogP contribution < -0.4 is 16.4 Å². The van der Waals surface area contributed by atoms with Gasteiger partial charge in [-0.25, -0.2) is 9.97 Å². The molecule has 8 nitrogen and oxygen atoms in total. The van der Waals surface area contributed by atoms with Crippen molar-refractivity contribution in [2.45, 2.75) is 19.0 Å². The van der Waals surface area contributed by atoms with Crippen molar-refractivity contribution in [1.29, 1.82) is 0 Å². The lowest BCUT2D eigenvalue weighted by atomic mass is 10.2. The van der Waals surface area contributed by atoms with E-state index in [1.807, 2.05) is 0 Å². The van der Waals surface area contributed by atoms with Gasteiger partial charge in [-0.1, -0.05) is 0 Å². The molecule has 0 fully saturated rings. The predicted octanol–water partition coefficient (Wildman–Crippen LogP) is -1.06. The van der Waals surface area contributed by atoms with Gasteiger partial charge in [-0.05, 0) is 0 Å². The topological polar surface area (TPSA) is 130 Å². The highest BCUT2D eigenvalue weighted by Crippen LogP contribution is 2.00. The third-order valence-electron chi connectivity index (χ3n) is 2.18. The van der Waals surface area contributed by atoms with Crippen molar-refractivity contribution in [3.63, 3.8) is 0 Å². The number of nitrogens with zero attached hydrogens (tertiary/aromatic N) is 2. The van der Waals surface area contributed by atoms with Gasteiger partial charge < -0.3 is 16.2 Å². The first kappa shape index (κ1) is 13.8. The minimum atomic E-state index is -1.12. The minimum Gasteiger partial charge on any atom is -0.480 e. The number of rotatable bonds is 7. The summed E-state index contributed by atoms with van der Waals surface area (Å²) in [6.07, 6.45) is 2.87. The van der Waals surface area contributed by atoms with Gasteiger partial charge >= 0.3 is 5.97 Å². The van der Waals surface area contributed by atoms with E-state index in [4.69, 9.17) is 10.8 Å². The molecule has 8 heteroatoms. The molecule has 1 heterocycles. The molecule has 98 valence electrons. The number of nitrogens with two attached hydrogens (primary N) is 1. The summed E-state index contributed by atoms with van der Waals surface area (Å²) >= 11 is 0. The molecule has 0 aliphatic carbocycles. The van der Waals surface area contributed by atoms with E-state index in [9.17, 15) is 9.59 Å². The van der Waals surface area contributed by atoms with E-state index in [2.05, 4.69) is 20.6 Å². The van der Waals surface area contributed by atoms with Crippen LogP contribution in [0.5, 0.6) is 0 Å². The average molecular weight is 253 g/mol. The van der Waals surface area contributed by atoms with Crippen LogP contribution in [0, 0.1) is 0 Å². The van der Waals surface area contributed by atoms with Crippen LogP contribution in [0.4, 0.5) is 5.95 Å². The molecule has 0 aliphatic rings. The van der Waals surface area contributed by atoms with Crippen LogP contribution in [0.2, 0.25) is 0 Å². The Morgan fingerprint density at radius 1 is 1.44 bits per heavy atom. The highest BCUT2D eigenvalue weighted by Gasteiger charge is 2.19. The number of carbonyl (C=O) groups is 2. The summed E-state index contributed by atoms with van der Waals surface area (Å²) in [5, 5.41) is 14.3. The standard InChI is InChI=1S/C10H15N5O3/c1-12-10-14-4-6(5-15-10)3-13-7(9(17)18)2-8(11)16/h4-5,7,13H,2-3H2,1H3,(H2,11,16)(H,17,18)(H,12,14,15). The molecule has 0 saturated carbocycles. The van der Waals surface area contributed by atoms with Crippen LogP contribution in [0.1, 0.15) is 12.0 Å². The van der Waals surface area contributed by atoms with Crippen LogP contribution in [-0.4, -0.2) is 40.0 Å². The van der Waals surface area contributed by atoms with Gasteiger partial charge in [-0.2, -0.15) is 0 Å². The third kappa shape index (κ3) is 4.34. The minimum absolute atomic E-state index is 0.244. The molecular formula is C10H15N5O3. The molecule has 5 N–H and O–H groups in total. The van der Waals surface area contributed by atoms with Crippen LogP contribution in [0.25, 0.3) is 0 Å². The van der Waals surface area contributed by atoms with Crippen molar-refractivity contribution in [2.75, 3.05) is 12.4 Å². The summed E-state index contributed by atoms with van der Waals surface area (Å²) in [4.78, 5) is 29.5. The van der Waals surface area contributed by atoms with Crippen LogP contribution in [0.3, 0.4) is 0 Å². The maximum atomic E-state index is 10.8. The third-order valence-corrected chi connectivity index (χ3v) is 2.18. The Labute approximate surface area is 104 Å². The number of primary amides is 1. The number of carbonyl (C=O) groups excluding carboxylic acids is 1. The number of nitrogens with one attached hydrogen (secondary N) is 2. The van der Waals surface area contributed by atoms with Gasteiger partial charge in [-0.3, -0.25) is 14.9 Å². The summed E-state index contributed by atoms with van der Waals surface area (Å²) in [6, 6.07) is -1.01. The van der Waals surface area contributed by atoms with Crippen molar-refractivity contribution >= 4 is 17.8 Å². The number of anilines is 1. The summed E-state index contributed by atoms with van der Waals surface area (Å²) in [5.74, 6) is -1.32. The monoisotopic (exact) mass is 253 g/mol. The molecule has 0 aromatic carbocycles. The number of hydrogen-bond donors (Lipinski definition) is 4. The van der Waals surface area contributed by atoms with E-state index in [0.717, 1.165) is 0 Å². The summed E-state index contributed by atoms with van der Waals surface area (Å²) in [6.45, 7) is 0.244. The molecule has 0 spiro atoms. The smallest absolute Gasteiger partial charge is 0.321 e. The number of carboxylic acid groups (broad SMARTS) is 1. The lowest BCUT2D eigenvalue weighted by Gasteiger charge is -2.12.